The third kappa shape index (κ3) is 3.53. The van der Waals surface area contributed by atoms with E-state index in [1.165, 1.54) is 0 Å². The Hall–Kier alpha value is -1.51. The number of pyridine rings is 1. The summed E-state index contributed by atoms with van der Waals surface area (Å²) in [6, 6.07) is 5.11. The van der Waals surface area contributed by atoms with Gasteiger partial charge in [0.05, 0.1) is 17.2 Å². The van der Waals surface area contributed by atoms with Crippen LogP contribution >= 0.6 is 0 Å². The molecule has 2 rings (SSSR count). The Morgan fingerprint density at radius 2 is 2.30 bits per heavy atom. The van der Waals surface area contributed by atoms with Crippen molar-refractivity contribution in [3.05, 3.63) is 29.6 Å². The summed E-state index contributed by atoms with van der Waals surface area (Å²) in [6.07, 6.45) is 0.641. The SMILES string of the molecule is CN(Cc1cccc(C(=O)NN)n1)C1CCS(=O)(=O)C1. The topological polar surface area (TPSA) is 105 Å². The molecule has 1 aliphatic rings. The van der Waals surface area contributed by atoms with Crippen molar-refractivity contribution >= 4 is 15.7 Å². The van der Waals surface area contributed by atoms with Gasteiger partial charge >= 0.3 is 0 Å². The first-order valence-corrected chi connectivity index (χ1v) is 8.11. The monoisotopic (exact) mass is 298 g/mol. The van der Waals surface area contributed by atoms with Gasteiger partial charge in [-0.1, -0.05) is 6.07 Å². The van der Waals surface area contributed by atoms with Crippen molar-refractivity contribution in [2.45, 2.75) is 19.0 Å². The highest BCUT2D eigenvalue weighted by atomic mass is 32.2. The first kappa shape index (κ1) is 14.9. The van der Waals surface area contributed by atoms with Crippen LogP contribution in [0.1, 0.15) is 22.6 Å². The van der Waals surface area contributed by atoms with Gasteiger partial charge in [0.25, 0.3) is 5.91 Å². The van der Waals surface area contributed by atoms with Crippen molar-refractivity contribution in [3.63, 3.8) is 0 Å². The van der Waals surface area contributed by atoms with Gasteiger partial charge in [-0.05, 0) is 25.6 Å². The number of carbonyl (C=O) groups is 1. The third-order valence-corrected chi connectivity index (χ3v) is 5.16. The number of hydrazine groups is 1. The zero-order chi connectivity index (χ0) is 14.8. The van der Waals surface area contributed by atoms with Crippen molar-refractivity contribution < 1.29 is 13.2 Å². The number of nitrogen functional groups attached to an aromatic ring is 1. The predicted octanol–water partition coefficient (Wildman–Crippen LogP) is -0.696. The number of nitrogens with zero attached hydrogens (tertiary/aromatic N) is 2. The predicted molar refractivity (Wildman–Crippen MR) is 74.4 cm³/mol. The van der Waals surface area contributed by atoms with Crippen molar-refractivity contribution in [1.82, 2.24) is 15.3 Å². The fraction of sp³-hybridized carbons (Fsp3) is 0.500. The number of hydrogen-bond acceptors (Lipinski definition) is 6. The number of nitrogens with two attached hydrogens (primary N) is 1. The maximum absolute atomic E-state index is 11.5. The maximum Gasteiger partial charge on any atom is 0.283 e. The van der Waals surface area contributed by atoms with Crippen LogP contribution in [-0.4, -0.2) is 48.8 Å². The lowest BCUT2D eigenvalue weighted by Crippen LogP contribution is -2.33. The minimum Gasteiger partial charge on any atom is -0.297 e. The summed E-state index contributed by atoms with van der Waals surface area (Å²) < 4.78 is 22.9. The molecular weight excluding hydrogens is 280 g/mol. The van der Waals surface area contributed by atoms with E-state index < -0.39 is 15.7 Å². The molecule has 1 aliphatic heterocycles. The van der Waals surface area contributed by atoms with E-state index in [0.717, 1.165) is 0 Å². The smallest absolute Gasteiger partial charge is 0.283 e. The summed E-state index contributed by atoms with van der Waals surface area (Å²) in [7, 11) is -1.04. The van der Waals surface area contributed by atoms with E-state index in [-0.39, 0.29) is 23.2 Å². The first-order valence-electron chi connectivity index (χ1n) is 6.29. The van der Waals surface area contributed by atoms with E-state index in [2.05, 4.69) is 4.98 Å². The molecular formula is C12H18N4O3S. The minimum absolute atomic E-state index is 0.00814. The summed E-state index contributed by atoms with van der Waals surface area (Å²) >= 11 is 0. The molecule has 0 spiro atoms. The molecule has 0 radical (unpaired) electrons. The summed E-state index contributed by atoms with van der Waals surface area (Å²) in [6.45, 7) is 0.492. The molecule has 8 heteroatoms. The summed E-state index contributed by atoms with van der Waals surface area (Å²) in [5.41, 5.74) is 2.99. The van der Waals surface area contributed by atoms with Crippen molar-refractivity contribution in [2.75, 3.05) is 18.6 Å². The van der Waals surface area contributed by atoms with E-state index in [9.17, 15) is 13.2 Å². The second-order valence-electron chi connectivity index (χ2n) is 4.96. The Morgan fingerprint density at radius 3 is 2.90 bits per heavy atom. The Bertz CT molecular complexity index is 602. The number of sulfone groups is 1. The molecule has 1 atom stereocenters. The lowest BCUT2D eigenvalue weighted by Gasteiger charge is -2.22. The lowest BCUT2D eigenvalue weighted by atomic mass is 10.2. The number of amides is 1. The molecule has 1 saturated heterocycles. The Labute approximate surface area is 118 Å². The molecule has 0 aliphatic carbocycles. The Morgan fingerprint density at radius 1 is 1.55 bits per heavy atom. The first-order chi connectivity index (χ1) is 9.41. The number of rotatable bonds is 4. The summed E-state index contributed by atoms with van der Waals surface area (Å²) in [5.74, 6) is 5.05. The number of aromatic nitrogens is 1. The van der Waals surface area contributed by atoms with Crippen LogP contribution in [0.25, 0.3) is 0 Å². The van der Waals surface area contributed by atoms with Gasteiger partial charge in [0, 0.05) is 12.6 Å². The molecule has 1 unspecified atom stereocenters. The van der Waals surface area contributed by atoms with E-state index in [1.54, 1.807) is 18.2 Å². The van der Waals surface area contributed by atoms with Crippen molar-refractivity contribution in [2.24, 2.45) is 5.84 Å². The second-order valence-corrected chi connectivity index (χ2v) is 7.19. The second kappa shape index (κ2) is 5.86. The standard InChI is InChI=1S/C12H18N4O3S/c1-16(10-5-6-20(18,19)8-10)7-9-3-2-4-11(14-9)12(17)15-13/h2-4,10H,5-8,13H2,1H3,(H,15,17). The molecule has 0 saturated carbocycles. The summed E-state index contributed by atoms with van der Waals surface area (Å²) in [4.78, 5) is 17.6. The van der Waals surface area contributed by atoms with E-state index in [0.29, 0.717) is 18.7 Å². The number of carbonyl (C=O) groups excluding carboxylic acids is 1. The van der Waals surface area contributed by atoms with E-state index in [1.807, 2.05) is 17.4 Å². The average Bonchev–Trinajstić information content (AvgIpc) is 2.78. The largest absolute Gasteiger partial charge is 0.297 e. The molecule has 1 aromatic heterocycles. The van der Waals surface area contributed by atoms with Gasteiger partial charge in [-0.25, -0.2) is 19.2 Å². The molecule has 2 heterocycles. The molecule has 0 bridgehead atoms. The van der Waals surface area contributed by atoms with Crippen LogP contribution in [0.5, 0.6) is 0 Å². The molecule has 1 amide bonds. The minimum atomic E-state index is -2.90. The zero-order valence-corrected chi connectivity index (χ0v) is 12.1. The van der Waals surface area contributed by atoms with Gasteiger partial charge in [0.15, 0.2) is 9.84 Å². The highest BCUT2D eigenvalue weighted by molar-refractivity contribution is 7.91. The number of nitrogens with one attached hydrogen (secondary N) is 1. The average molecular weight is 298 g/mol. The zero-order valence-electron chi connectivity index (χ0n) is 11.2. The van der Waals surface area contributed by atoms with Gasteiger partial charge in [0.2, 0.25) is 0 Å². The van der Waals surface area contributed by atoms with Crippen LogP contribution in [0.4, 0.5) is 0 Å². The van der Waals surface area contributed by atoms with Crippen molar-refractivity contribution in [3.8, 4) is 0 Å². The van der Waals surface area contributed by atoms with E-state index in [4.69, 9.17) is 5.84 Å². The van der Waals surface area contributed by atoms with Crippen LogP contribution in [0.2, 0.25) is 0 Å². The van der Waals surface area contributed by atoms with Gasteiger partial charge < -0.3 is 0 Å². The Balaban J connectivity index is 2.05. The highest BCUT2D eigenvalue weighted by Crippen LogP contribution is 2.18. The Kier molecular flexibility index (Phi) is 4.36. The van der Waals surface area contributed by atoms with Gasteiger partial charge in [-0.2, -0.15) is 0 Å². The molecule has 1 aromatic rings. The normalized spacial score (nSPS) is 21.1. The van der Waals surface area contributed by atoms with Crippen LogP contribution in [0.15, 0.2) is 18.2 Å². The third-order valence-electron chi connectivity index (χ3n) is 3.41. The van der Waals surface area contributed by atoms with Crippen LogP contribution < -0.4 is 11.3 Å². The quantitative estimate of drug-likeness (QED) is 0.433. The van der Waals surface area contributed by atoms with Gasteiger partial charge in [-0.3, -0.25) is 15.1 Å². The molecule has 110 valence electrons. The fourth-order valence-corrected chi connectivity index (χ4v) is 4.08. The van der Waals surface area contributed by atoms with E-state index >= 15 is 0 Å². The van der Waals surface area contributed by atoms with Crippen molar-refractivity contribution in [1.29, 1.82) is 0 Å². The molecule has 7 nitrogen and oxygen atoms in total. The summed E-state index contributed by atoms with van der Waals surface area (Å²) in [5, 5.41) is 0. The van der Waals surface area contributed by atoms with Crippen LogP contribution in [0, 0.1) is 0 Å². The van der Waals surface area contributed by atoms with Gasteiger partial charge in [-0.15, -0.1) is 0 Å². The molecule has 1 fully saturated rings. The molecule has 20 heavy (non-hydrogen) atoms. The highest BCUT2D eigenvalue weighted by Gasteiger charge is 2.30. The lowest BCUT2D eigenvalue weighted by molar-refractivity contribution is 0.0948. The fourth-order valence-electron chi connectivity index (χ4n) is 2.28. The molecule has 3 N–H and O–H groups in total. The van der Waals surface area contributed by atoms with Crippen LogP contribution in [0.3, 0.4) is 0 Å². The number of hydrogen-bond donors (Lipinski definition) is 2. The molecule has 0 aromatic carbocycles. The maximum atomic E-state index is 11.5. The van der Waals surface area contributed by atoms with Crippen LogP contribution in [-0.2, 0) is 16.4 Å². The van der Waals surface area contributed by atoms with Gasteiger partial charge in [0.1, 0.15) is 5.69 Å².